The summed E-state index contributed by atoms with van der Waals surface area (Å²) >= 11 is 6.59. The first-order valence-electron chi connectivity index (χ1n) is 16.1. The van der Waals surface area contributed by atoms with E-state index >= 15 is 0 Å². The lowest BCUT2D eigenvalue weighted by Crippen LogP contribution is -2.54. The molecule has 0 aliphatic carbocycles. The van der Waals surface area contributed by atoms with Crippen LogP contribution in [0.1, 0.15) is 78.0 Å². The van der Waals surface area contributed by atoms with Gasteiger partial charge in [-0.05, 0) is 107 Å². The molecule has 0 spiro atoms. The summed E-state index contributed by atoms with van der Waals surface area (Å²) in [5, 5.41) is 23.6. The number of nitriles is 1. The number of carbonyl (C=O) groups is 1. The van der Waals surface area contributed by atoms with Gasteiger partial charge >= 0.3 is 0 Å². The molecule has 4 N–H and O–H groups in total. The lowest BCUT2D eigenvalue weighted by molar-refractivity contribution is 0.0934. The van der Waals surface area contributed by atoms with Crippen LogP contribution in [0.25, 0.3) is 11.3 Å². The maximum absolute atomic E-state index is 13.7. The monoisotopic (exact) mass is 637 g/mol. The molecule has 0 bridgehead atoms. The van der Waals surface area contributed by atoms with Crippen LogP contribution in [0.5, 0.6) is 0 Å². The van der Waals surface area contributed by atoms with Crippen LogP contribution in [0.4, 0.5) is 0 Å². The van der Waals surface area contributed by atoms with Crippen molar-refractivity contribution in [2.24, 2.45) is 0 Å². The fraction of sp³-hybridized carbons (Fsp3) is 0.368. The van der Waals surface area contributed by atoms with Crippen molar-refractivity contribution < 1.29 is 9.21 Å². The normalized spacial score (nSPS) is 17.2. The Hall–Kier alpha value is -3.93. The van der Waals surface area contributed by atoms with Gasteiger partial charge in [0.2, 0.25) is 0 Å². The van der Waals surface area contributed by atoms with Crippen molar-refractivity contribution in [2.45, 2.75) is 77.2 Å². The van der Waals surface area contributed by atoms with E-state index < -0.39 is 0 Å². The van der Waals surface area contributed by atoms with Gasteiger partial charge in [-0.25, -0.2) is 0 Å². The lowest BCUT2D eigenvalue weighted by atomic mass is 9.89. The van der Waals surface area contributed by atoms with E-state index in [4.69, 9.17) is 16.0 Å². The van der Waals surface area contributed by atoms with Crippen molar-refractivity contribution in [3.63, 3.8) is 0 Å². The highest BCUT2D eigenvalue weighted by atomic mass is 35.5. The molecule has 0 radical (unpaired) electrons. The number of furan rings is 1. The highest BCUT2D eigenvalue weighted by Crippen LogP contribution is 2.28. The zero-order valence-corrected chi connectivity index (χ0v) is 27.9. The molecule has 4 aromatic rings. The minimum absolute atomic E-state index is 0.0663. The second kappa shape index (κ2) is 15.1. The Kier molecular flexibility index (Phi) is 11.0. The Morgan fingerprint density at radius 1 is 1.09 bits per heavy atom. The van der Waals surface area contributed by atoms with Crippen molar-refractivity contribution in [2.75, 3.05) is 13.1 Å². The second-order valence-corrected chi connectivity index (χ2v) is 13.5. The highest BCUT2D eigenvalue weighted by molar-refractivity contribution is 6.34. The number of nitrogens with one attached hydrogen (secondary N) is 4. The molecule has 5 rings (SSSR count). The molecule has 1 aliphatic rings. The average Bonchev–Trinajstić information content (AvgIpc) is 3.52. The lowest BCUT2D eigenvalue weighted by Gasteiger charge is -2.37. The quantitative estimate of drug-likeness (QED) is 0.132. The van der Waals surface area contributed by atoms with Gasteiger partial charge in [0.15, 0.2) is 0 Å². The molecular weight excluding hydrogens is 594 g/mol. The average molecular weight is 638 g/mol. The number of hydrogen-bond acceptors (Lipinski definition) is 6. The minimum Gasteiger partial charge on any atom is -0.460 e. The minimum atomic E-state index is -0.238. The van der Waals surface area contributed by atoms with E-state index in [-0.39, 0.29) is 23.5 Å². The number of aryl methyl sites for hydroxylation is 1. The van der Waals surface area contributed by atoms with Gasteiger partial charge in [-0.2, -0.15) is 5.26 Å². The molecule has 46 heavy (non-hydrogen) atoms. The maximum Gasteiger partial charge on any atom is 0.253 e. The van der Waals surface area contributed by atoms with E-state index in [9.17, 15) is 10.1 Å². The third-order valence-corrected chi connectivity index (χ3v) is 9.05. The summed E-state index contributed by atoms with van der Waals surface area (Å²) in [6.45, 7) is 10.8. The molecule has 1 saturated heterocycles. The number of halogens is 1. The molecule has 3 aromatic carbocycles. The zero-order chi connectivity index (χ0) is 32.7. The van der Waals surface area contributed by atoms with Gasteiger partial charge in [0, 0.05) is 35.8 Å². The van der Waals surface area contributed by atoms with Crippen LogP contribution in [-0.2, 0) is 13.0 Å². The molecular formula is C38H44ClN5O2. The Labute approximate surface area is 277 Å². The molecule has 1 fully saturated rings. The van der Waals surface area contributed by atoms with E-state index in [1.165, 1.54) is 11.1 Å². The van der Waals surface area contributed by atoms with Crippen LogP contribution >= 0.6 is 11.6 Å². The first-order chi connectivity index (χ1) is 22.1. The Morgan fingerprint density at radius 2 is 1.85 bits per heavy atom. The molecule has 0 saturated carbocycles. The summed E-state index contributed by atoms with van der Waals surface area (Å²) in [6, 6.07) is 27.9. The van der Waals surface area contributed by atoms with Crippen LogP contribution < -0.4 is 21.3 Å². The second-order valence-electron chi connectivity index (χ2n) is 13.1. The van der Waals surface area contributed by atoms with E-state index in [0.717, 1.165) is 36.3 Å². The van der Waals surface area contributed by atoms with Gasteiger partial charge < -0.3 is 25.7 Å². The van der Waals surface area contributed by atoms with E-state index in [1.807, 2.05) is 42.5 Å². The van der Waals surface area contributed by atoms with Crippen molar-refractivity contribution in [3.05, 3.63) is 117 Å². The predicted molar refractivity (Wildman–Crippen MR) is 185 cm³/mol. The van der Waals surface area contributed by atoms with Gasteiger partial charge in [0.05, 0.1) is 28.8 Å². The van der Waals surface area contributed by atoms with Crippen LogP contribution in [-0.4, -0.2) is 36.6 Å². The number of hydrogen-bond donors (Lipinski definition) is 4. The molecule has 8 heteroatoms. The molecule has 3 atom stereocenters. The number of piperidine rings is 1. The fourth-order valence-electron chi connectivity index (χ4n) is 6.00. The SMILES string of the molecule is Cc1ccc(C(C)NCc2ccc(-c3ccc(Cl)c(C(=O)N[C@@H](CNC4CCNC(C)(C)C4)Cc4ccc(C#N)cc4)c3)o2)cc1. The summed E-state index contributed by atoms with van der Waals surface area (Å²) < 4.78 is 6.18. The predicted octanol–water partition coefficient (Wildman–Crippen LogP) is 7.09. The first kappa shape index (κ1) is 33.4. The number of benzene rings is 3. The largest absolute Gasteiger partial charge is 0.460 e. The topological polar surface area (TPSA) is 102 Å². The van der Waals surface area contributed by atoms with Gasteiger partial charge in [0.1, 0.15) is 11.5 Å². The molecule has 2 unspecified atom stereocenters. The van der Waals surface area contributed by atoms with Gasteiger partial charge in [0.25, 0.3) is 5.91 Å². The molecule has 240 valence electrons. The van der Waals surface area contributed by atoms with Gasteiger partial charge in [-0.15, -0.1) is 0 Å². The Balaban J connectivity index is 1.26. The molecule has 1 aliphatic heterocycles. The van der Waals surface area contributed by atoms with Crippen molar-refractivity contribution in [1.82, 2.24) is 21.3 Å². The smallest absolute Gasteiger partial charge is 0.253 e. The Bertz CT molecular complexity index is 1660. The van der Waals surface area contributed by atoms with E-state index in [2.05, 4.69) is 79.3 Å². The van der Waals surface area contributed by atoms with Crippen molar-refractivity contribution in [3.8, 4) is 17.4 Å². The third kappa shape index (κ3) is 9.08. The van der Waals surface area contributed by atoms with Crippen LogP contribution in [0.3, 0.4) is 0 Å². The maximum atomic E-state index is 13.7. The van der Waals surface area contributed by atoms with Gasteiger partial charge in [-0.3, -0.25) is 4.79 Å². The number of amides is 1. The molecule has 7 nitrogen and oxygen atoms in total. The third-order valence-electron chi connectivity index (χ3n) is 8.72. The van der Waals surface area contributed by atoms with Crippen molar-refractivity contribution in [1.29, 1.82) is 5.26 Å². The molecule has 1 aromatic heterocycles. The van der Waals surface area contributed by atoms with E-state index in [1.54, 1.807) is 12.1 Å². The standard InChI is InChI=1S/C38H44ClN5O2/c1-25-5-11-29(12-6-25)26(2)41-24-33-14-16-36(46-33)30-13-15-35(39)34(20-30)37(45)44-32(19-27-7-9-28(22-40)10-8-27)23-42-31-17-18-43-38(3,4)21-31/h5-16,20,26,31-32,41-43H,17-19,21,23-24H2,1-4H3,(H,44,45)/t26?,31?,32-/m1/s1. The summed E-state index contributed by atoms with van der Waals surface area (Å²) in [5.41, 5.74) is 5.37. The van der Waals surface area contributed by atoms with Crippen molar-refractivity contribution >= 4 is 17.5 Å². The molecule has 2 heterocycles. The van der Waals surface area contributed by atoms with Crippen LogP contribution in [0.15, 0.2) is 83.3 Å². The number of carbonyl (C=O) groups excluding carboxylic acids is 1. The zero-order valence-electron chi connectivity index (χ0n) is 27.1. The Morgan fingerprint density at radius 3 is 2.57 bits per heavy atom. The summed E-state index contributed by atoms with van der Waals surface area (Å²) in [5.74, 6) is 1.25. The first-order valence-corrected chi connectivity index (χ1v) is 16.4. The number of nitrogens with zero attached hydrogens (tertiary/aromatic N) is 1. The number of rotatable bonds is 12. The fourth-order valence-corrected chi connectivity index (χ4v) is 6.21. The van der Waals surface area contributed by atoms with Crippen LogP contribution in [0.2, 0.25) is 5.02 Å². The highest BCUT2D eigenvalue weighted by Gasteiger charge is 2.28. The van der Waals surface area contributed by atoms with E-state index in [0.29, 0.717) is 47.5 Å². The summed E-state index contributed by atoms with van der Waals surface area (Å²) in [6.07, 6.45) is 2.65. The van der Waals surface area contributed by atoms with Gasteiger partial charge in [-0.1, -0.05) is 53.6 Å². The van der Waals surface area contributed by atoms with Crippen LogP contribution in [0, 0.1) is 18.3 Å². The summed E-state index contributed by atoms with van der Waals surface area (Å²) in [7, 11) is 0. The molecule has 1 amide bonds. The summed E-state index contributed by atoms with van der Waals surface area (Å²) in [4.78, 5) is 13.7.